The van der Waals surface area contributed by atoms with Crippen molar-refractivity contribution in [2.75, 3.05) is 5.32 Å². The Labute approximate surface area is 141 Å². The molecular weight excluding hydrogens is 366 g/mol. The Morgan fingerprint density at radius 2 is 2.23 bits per heavy atom. The molecule has 0 saturated carbocycles. The van der Waals surface area contributed by atoms with Gasteiger partial charge in [-0.15, -0.1) is 0 Å². The van der Waals surface area contributed by atoms with Gasteiger partial charge in [0.05, 0.1) is 10.2 Å². The molecule has 1 atom stereocenters. The average molecular weight is 380 g/mol. The highest BCUT2D eigenvalue weighted by Crippen LogP contribution is 2.27. The van der Waals surface area contributed by atoms with Crippen molar-refractivity contribution < 1.29 is 9.53 Å². The predicted octanol–water partition coefficient (Wildman–Crippen LogP) is 3.80. The average Bonchev–Trinajstić information content (AvgIpc) is 2.81. The number of aromatic nitrogens is 1. The fourth-order valence-corrected chi connectivity index (χ4v) is 3.08. The van der Waals surface area contributed by atoms with Gasteiger partial charge in [0.2, 0.25) is 0 Å². The third-order valence-corrected chi connectivity index (χ3v) is 4.45. The molecule has 0 bridgehead atoms. The fourth-order valence-electron chi connectivity index (χ4n) is 1.75. The van der Waals surface area contributed by atoms with Gasteiger partial charge < -0.3 is 10.1 Å². The molecule has 114 valence electrons. The smallest absolute Gasteiger partial charge is 0.265 e. The Morgan fingerprint density at radius 3 is 2.86 bits per heavy atom. The van der Waals surface area contributed by atoms with E-state index in [0.717, 1.165) is 21.6 Å². The van der Waals surface area contributed by atoms with Crippen LogP contribution in [-0.4, -0.2) is 16.4 Å². The maximum atomic E-state index is 12.2. The van der Waals surface area contributed by atoms with E-state index in [4.69, 9.17) is 10.00 Å². The summed E-state index contributed by atoms with van der Waals surface area (Å²) in [5.74, 6) is 0.266. The molecule has 22 heavy (non-hydrogen) atoms. The van der Waals surface area contributed by atoms with Crippen LogP contribution in [0.1, 0.15) is 23.7 Å². The number of hydrogen-bond acceptors (Lipinski definition) is 5. The number of carbonyl (C=O) groups is 1. The van der Waals surface area contributed by atoms with E-state index in [1.165, 1.54) is 0 Å². The van der Waals surface area contributed by atoms with Gasteiger partial charge in [-0.1, -0.05) is 6.07 Å². The van der Waals surface area contributed by atoms with E-state index in [1.54, 1.807) is 19.9 Å². The van der Waals surface area contributed by atoms with Crippen LogP contribution in [0.15, 0.2) is 22.7 Å². The second-order valence-electron chi connectivity index (χ2n) is 4.77. The zero-order chi connectivity index (χ0) is 16.3. The lowest BCUT2D eigenvalue weighted by atomic mass is 10.2. The second-order valence-corrected chi connectivity index (χ2v) is 6.39. The number of aryl methyl sites for hydroxylation is 2. The van der Waals surface area contributed by atoms with Crippen molar-refractivity contribution in [1.82, 2.24) is 4.37 Å². The van der Waals surface area contributed by atoms with Crippen molar-refractivity contribution in [3.05, 3.63) is 39.5 Å². The minimum Gasteiger partial charge on any atom is -0.480 e. The molecule has 0 aliphatic heterocycles. The number of halogens is 1. The Morgan fingerprint density at radius 1 is 1.50 bits per heavy atom. The minimum absolute atomic E-state index is 0.326. The number of rotatable bonds is 4. The molecular formula is C15H14BrN3O2S. The van der Waals surface area contributed by atoms with E-state index in [2.05, 4.69) is 25.6 Å². The van der Waals surface area contributed by atoms with Crippen molar-refractivity contribution in [2.24, 2.45) is 0 Å². The van der Waals surface area contributed by atoms with E-state index in [-0.39, 0.29) is 5.91 Å². The molecule has 1 heterocycles. The lowest BCUT2D eigenvalue weighted by Crippen LogP contribution is -2.30. The highest BCUT2D eigenvalue weighted by Gasteiger charge is 2.19. The maximum absolute atomic E-state index is 12.2. The molecule has 1 N–H and O–H groups in total. The third-order valence-electron chi connectivity index (χ3n) is 2.97. The number of ether oxygens (including phenoxy) is 1. The molecule has 7 heteroatoms. The number of nitriles is 1. The number of hydrogen-bond donors (Lipinski definition) is 1. The van der Waals surface area contributed by atoms with Gasteiger partial charge in [0.15, 0.2) is 6.10 Å². The first-order valence-corrected chi connectivity index (χ1v) is 8.09. The molecule has 0 aliphatic rings. The van der Waals surface area contributed by atoms with E-state index < -0.39 is 6.10 Å². The van der Waals surface area contributed by atoms with Gasteiger partial charge in [0.25, 0.3) is 5.91 Å². The van der Waals surface area contributed by atoms with Crippen molar-refractivity contribution in [1.29, 1.82) is 5.26 Å². The van der Waals surface area contributed by atoms with Crippen LogP contribution in [0.5, 0.6) is 5.75 Å². The monoisotopic (exact) mass is 379 g/mol. The van der Waals surface area contributed by atoms with E-state index in [1.807, 2.05) is 25.1 Å². The van der Waals surface area contributed by atoms with Crippen molar-refractivity contribution >= 4 is 38.4 Å². The Bertz CT molecular complexity index is 752. The van der Waals surface area contributed by atoms with E-state index >= 15 is 0 Å². The Balaban J connectivity index is 2.08. The Hall–Kier alpha value is -1.91. The van der Waals surface area contributed by atoms with Crippen LogP contribution < -0.4 is 10.1 Å². The van der Waals surface area contributed by atoms with Crippen molar-refractivity contribution in [3.63, 3.8) is 0 Å². The second kappa shape index (κ2) is 6.90. The summed E-state index contributed by atoms with van der Waals surface area (Å²) in [6.45, 7) is 5.36. The number of carbonyl (C=O) groups excluding carboxylic acids is 1. The topological polar surface area (TPSA) is 75.0 Å². The molecule has 0 saturated heterocycles. The first kappa shape index (κ1) is 16.5. The highest BCUT2D eigenvalue weighted by molar-refractivity contribution is 9.10. The zero-order valence-electron chi connectivity index (χ0n) is 12.3. The van der Waals surface area contributed by atoms with Gasteiger partial charge >= 0.3 is 0 Å². The number of amides is 1. The lowest BCUT2D eigenvalue weighted by Gasteiger charge is -2.15. The van der Waals surface area contributed by atoms with Crippen LogP contribution in [0.4, 0.5) is 5.00 Å². The zero-order valence-corrected chi connectivity index (χ0v) is 14.7. The van der Waals surface area contributed by atoms with E-state index in [0.29, 0.717) is 22.0 Å². The van der Waals surface area contributed by atoms with Gasteiger partial charge in [-0.2, -0.15) is 9.64 Å². The van der Waals surface area contributed by atoms with Crippen LogP contribution in [-0.2, 0) is 4.79 Å². The van der Waals surface area contributed by atoms with Crippen molar-refractivity contribution in [3.8, 4) is 11.8 Å². The van der Waals surface area contributed by atoms with Crippen LogP contribution in [0.25, 0.3) is 0 Å². The standard InChI is InChI=1S/C15H14BrN3O2S/c1-8-4-5-13(12(16)6-8)21-10(3)14(20)18-15-11(7-17)9(2)19-22-15/h4-6,10H,1-3H3,(H,18,20)/t10-/m0/s1. The first-order chi connectivity index (χ1) is 10.4. The fraction of sp³-hybridized carbons (Fsp3) is 0.267. The van der Waals surface area contributed by atoms with E-state index in [9.17, 15) is 4.79 Å². The minimum atomic E-state index is -0.701. The first-order valence-electron chi connectivity index (χ1n) is 6.52. The van der Waals surface area contributed by atoms with Gasteiger partial charge in [-0.25, -0.2) is 0 Å². The number of benzene rings is 1. The third kappa shape index (κ3) is 3.64. The van der Waals surface area contributed by atoms with Gasteiger partial charge in [0, 0.05) is 0 Å². The van der Waals surface area contributed by atoms with Crippen LogP contribution in [0.2, 0.25) is 0 Å². The maximum Gasteiger partial charge on any atom is 0.265 e. The number of anilines is 1. The summed E-state index contributed by atoms with van der Waals surface area (Å²) in [7, 11) is 0. The summed E-state index contributed by atoms with van der Waals surface area (Å²) in [4.78, 5) is 12.2. The Kier molecular flexibility index (Phi) is 5.16. The molecule has 2 aromatic rings. The summed E-state index contributed by atoms with van der Waals surface area (Å²) < 4.78 is 10.5. The number of nitrogens with one attached hydrogen (secondary N) is 1. The summed E-state index contributed by atoms with van der Waals surface area (Å²) >= 11 is 4.50. The van der Waals surface area contributed by atoms with Gasteiger partial charge in [-0.3, -0.25) is 4.79 Å². The van der Waals surface area contributed by atoms with Gasteiger partial charge in [0.1, 0.15) is 22.4 Å². The van der Waals surface area contributed by atoms with Crippen LogP contribution in [0.3, 0.4) is 0 Å². The summed E-state index contributed by atoms with van der Waals surface area (Å²) in [5, 5.41) is 12.2. The van der Waals surface area contributed by atoms with Crippen LogP contribution in [0, 0.1) is 25.2 Å². The molecule has 5 nitrogen and oxygen atoms in total. The van der Waals surface area contributed by atoms with Crippen molar-refractivity contribution in [2.45, 2.75) is 26.9 Å². The molecule has 0 aliphatic carbocycles. The molecule has 1 aromatic heterocycles. The molecule has 2 rings (SSSR count). The summed E-state index contributed by atoms with van der Waals surface area (Å²) in [5.41, 5.74) is 2.09. The molecule has 0 unspecified atom stereocenters. The molecule has 0 fully saturated rings. The predicted molar refractivity (Wildman–Crippen MR) is 89.2 cm³/mol. The lowest BCUT2D eigenvalue weighted by molar-refractivity contribution is -0.122. The summed E-state index contributed by atoms with van der Waals surface area (Å²) in [6.07, 6.45) is -0.701. The largest absolute Gasteiger partial charge is 0.480 e. The quantitative estimate of drug-likeness (QED) is 0.876. The molecule has 0 radical (unpaired) electrons. The molecule has 1 aromatic carbocycles. The summed E-state index contributed by atoms with van der Waals surface area (Å²) in [6, 6.07) is 7.67. The molecule has 0 spiro atoms. The number of nitrogens with zero attached hydrogens (tertiary/aromatic N) is 2. The highest BCUT2D eigenvalue weighted by atomic mass is 79.9. The SMILES string of the molecule is Cc1ccc(O[C@@H](C)C(=O)Nc2snc(C)c2C#N)c(Br)c1. The normalized spacial score (nSPS) is 11.6. The van der Waals surface area contributed by atoms with Gasteiger partial charge in [-0.05, 0) is 65.9 Å². The van der Waals surface area contributed by atoms with Crippen LogP contribution >= 0.6 is 27.5 Å². The molecule has 1 amide bonds.